The first-order valence-electron chi connectivity index (χ1n) is 13.3. The van der Waals surface area contributed by atoms with Gasteiger partial charge in [-0.2, -0.15) is 5.10 Å². The first-order valence-corrected chi connectivity index (χ1v) is 16.5. The third-order valence-corrected chi connectivity index (χ3v) is 10.5. The van der Waals surface area contributed by atoms with E-state index in [0.717, 1.165) is 30.2 Å². The van der Waals surface area contributed by atoms with E-state index in [1.165, 1.54) is 28.9 Å². The van der Waals surface area contributed by atoms with Gasteiger partial charge in [-0.3, -0.25) is 9.59 Å². The van der Waals surface area contributed by atoms with Gasteiger partial charge in [-0.05, 0) is 67.1 Å². The number of nitrogens with one attached hydrogen (secondary N) is 2. The number of esters is 1. The van der Waals surface area contributed by atoms with Gasteiger partial charge in [0.1, 0.15) is 15.5 Å². The van der Waals surface area contributed by atoms with Crippen LogP contribution in [0.25, 0.3) is 20.2 Å². The average Bonchev–Trinajstić information content (AvgIpc) is 3.54. The van der Waals surface area contributed by atoms with Crippen molar-refractivity contribution in [3.8, 4) is 5.75 Å². The van der Waals surface area contributed by atoms with Crippen molar-refractivity contribution < 1.29 is 19.1 Å². The number of amides is 2. The Labute approximate surface area is 283 Å². The number of benzene rings is 4. The van der Waals surface area contributed by atoms with Crippen LogP contribution in [0.4, 0.5) is 5.69 Å². The second kappa shape index (κ2) is 13.1. The third kappa shape index (κ3) is 6.66. The van der Waals surface area contributed by atoms with Crippen LogP contribution in [0.1, 0.15) is 40.8 Å². The molecule has 0 saturated heterocycles. The molecule has 2 heterocycles. The highest BCUT2D eigenvalue weighted by Gasteiger charge is 2.21. The Balaban J connectivity index is 1.11. The van der Waals surface area contributed by atoms with Gasteiger partial charge >= 0.3 is 5.97 Å². The molecule has 0 aliphatic heterocycles. The Kier molecular flexibility index (Phi) is 9.02. The van der Waals surface area contributed by atoms with Crippen molar-refractivity contribution in [3.05, 3.63) is 126 Å². The minimum Gasteiger partial charge on any atom is -0.422 e. The SMILES string of the molecule is Cc1ccc2c(Cl)c(C(=O)Oc3ccc(Br)cc3/C=N\NC(=O)c3ccc(NC(=O)c4sc5ccccc5c4Cl)cc3)sc2c1. The largest absolute Gasteiger partial charge is 0.422 e. The first-order chi connectivity index (χ1) is 21.7. The fourth-order valence-electron chi connectivity index (χ4n) is 4.44. The van der Waals surface area contributed by atoms with E-state index in [4.69, 9.17) is 27.9 Å². The lowest BCUT2D eigenvalue weighted by Gasteiger charge is -2.08. The number of hydrogen-bond acceptors (Lipinski definition) is 7. The van der Waals surface area contributed by atoms with E-state index in [1.54, 1.807) is 42.5 Å². The molecule has 0 bridgehead atoms. The third-order valence-electron chi connectivity index (χ3n) is 6.66. The molecule has 45 heavy (non-hydrogen) atoms. The number of nitrogens with zero attached hydrogens (tertiary/aromatic N) is 1. The lowest BCUT2D eigenvalue weighted by Crippen LogP contribution is -2.18. The van der Waals surface area contributed by atoms with Crippen molar-refractivity contribution in [2.75, 3.05) is 5.32 Å². The predicted octanol–water partition coefficient (Wildman–Crippen LogP) is 9.73. The molecule has 0 atom stereocenters. The minimum atomic E-state index is -0.596. The number of halogens is 3. The van der Waals surface area contributed by atoms with Crippen LogP contribution >= 0.6 is 61.8 Å². The molecule has 6 rings (SSSR count). The minimum absolute atomic E-state index is 0.240. The van der Waals surface area contributed by atoms with Crippen LogP contribution in [-0.4, -0.2) is 24.0 Å². The number of anilines is 1. The zero-order valence-electron chi connectivity index (χ0n) is 23.2. The van der Waals surface area contributed by atoms with E-state index < -0.39 is 11.9 Å². The van der Waals surface area contributed by atoms with Crippen molar-refractivity contribution in [1.29, 1.82) is 0 Å². The van der Waals surface area contributed by atoms with Crippen LogP contribution in [0, 0.1) is 6.92 Å². The highest BCUT2D eigenvalue weighted by molar-refractivity contribution is 9.10. The molecule has 0 unspecified atom stereocenters. The summed E-state index contributed by atoms with van der Waals surface area (Å²) in [6, 6.07) is 24.7. The summed E-state index contributed by atoms with van der Waals surface area (Å²) >= 11 is 18.9. The molecule has 0 aliphatic rings. The molecular weight excluding hydrogens is 717 g/mol. The van der Waals surface area contributed by atoms with Crippen molar-refractivity contribution >= 4 is 112 Å². The van der Waals surface area contributed by atoms with E-state index in [1.807, 2.05) is 49.4 Å². The number of carbonyl (C=O) groups excluding carboxylic acids is 3. The highest BCUT2D eigenvalue weighted by Crippen LogP contribution is 2.37. The second-order valence-corrected chi connectivity index (χ2v) is 13.6. The molecule has 0 radical (unpaired) electrons. The van der Waals surface area contributed by atoms with Gasteiger partial charge < -0.3 is 10.1 Å². The second-order valence-electron chi connectivity index (χ2n) is 9.79. The molecule has 0 aliphatic carbocycles. The molecule has 2 aromatic heterocycles. The summed E-state index contributed by atoms with van der Waals surface area (Å²) in [5.41, 5.74) is 4.80. The number of rotatable bonds is 7. The Morgan fingerprint density at radius 1 is 0.822 bits per heavy atom. The Morgan fingerprint density at radius 3 is 2.31 bits per heavy atom. The first kappa shape index (κ1) is 30.9. The number of hydrazone groups is 1. The molecule has 7 nitrogen and oxygen atoms in total. The van der Waals surface area contributed by atoms with Gasteiger partial charge in [0, 0.05) is 41.5 Å². The summed E-state index contributed by atoms with van der Waals surface area (Å²) in [6.45, 7) is 1.97. The number of hydrogen-bond donors (Lipinski definition) is 2. The monoisotopic (exact) mass is 735 g/mol. The standard InChI is InChI=1S/C33H20BrCl2N3O4S2/c1-17-6-12-23-26(14-17)45-30(28(23)36)33(42)43-24-13-9-20(34)15-19(24)16-37-39-31(40)18-7-10-21(11-8-18)38-32(41)29-27(35)22-4-2-3-5-25(22)44-29/h2-16H,1H3,(H,38,41)(H,39,40)/b37-16-. The fourth-order valence-corrected chi connectivity index (χ4v) is 7.71. The quantitative estimate of drug-likeness (QED) is 0.0738. The number of ether oxygens (including phenoxy) is 1. The van der Waals surface area contributed by atoms with Crippen molar-refractivity contribution in [2.24, 2.45) is 5.10 Å². The maximum absolute atomic E-state index is 13.1. The maximum Gasteiger partial charge on any atom is 0.355 e. The van der Waals surface area contributed by atoms with Gasteiger partial charge in [0.05, 0.1) is 16.3 Å². The van der Waals surface area contributed by atoms with Gasteiger partial charge in [0.25, 0.3) is 11.8 Å². The molecule has 2 N–H and O–H groups in total. The highest BCUT2D eigenvalue weighted by atomic mass is 79.9. The van der Waals surface area contributed by atoms with Crippen molar-refractivity contribution in [2.45, 2.75) is 6.92 Å². The predicted molar refractivity (Wildman–Crippen MR) is 187 cm³/mol. The summed E-state index contributed by atoms with van der Waals surface area (Å²) < 4.78 is 8.23. The lowest BCUT2D eigenvalue weighted by molar-refractivity contribution is 0.0739. The number of aryl methyl sites for hydroxylation is 1. The van der Waals surface area contributed by atoms with Crippen LogP contribution in [0.2, 0.25) is 10.0 Å². The van der Waals surface area contributed by atoms with Crippen LogP contribution < -0.4 is 15.5 Å². The normalized spacial score (nSPS) is 11.3. The summed E-state index contributed by atoms with van der Waals surface area (Å²) in [5, 5.41) is 9.24. The van der Waals surface area contributed by atoms with Gasteiger partial charge in [-0.25, -0.2) is 10.2 Å². The zero-order chi connectivity index (χ0) is 31.7. The summed E-state index contributed by atoms with van der Waals surface area (Å²) in [4.78, 5) is 39.4. The van der Waals surface area contributed by atoms with Crippen LogP contribution in [0.3, 0.4) is 0 Å². The Hall–Kier alpha value is -4.06. The molecule has 12 heteroatoms. The molecule has 0 saturated carbocycles. The van der Waals surface area contributed by atoms with E-state index in [0.29, 0.717) is 36.6 Å². The van der Waals surface area contributed by atoms with Crippen LogP contribution in [0.15, 0.2) is 94.5 Å². The molecule has 2 amide bonds. The fraction of sp³-hybridized carbons (Fsp3) is 0.0303. The number of fused-ring (bicyclic) bond motifs is 2. The Bertz CT molecular complexity index is 2160. The van der Waals surface area contributed by atoms with Crippen LogP contribution in [-0.2, 0) is 0 Å². The molecule has 224 valence electrons. The van der Waals surface area contributed by atoms with E-state index >= 15 is 0 Å². The zero-order valence-corrected chi connectivity index (χ0v) is 27.9. The van der Waals surface area contributed by atoms with Crippen molar-refractivity contribution in [3.63, 3.8) is 0 Å². The van der Waals surface area contributed by atoms with Crippen LogP contribution in [0.5, 0.6) is 5.75 Å². The van der Waals surface area contributed by atoms with E-state index in [-0.39, 0.29) is 11.7 Å². The number of thiophene rings is 2. The summed E-state index contributed by atoms with van der Waals surface area (Å²) in [6.07, 6.45) is 1.38. The van der Waals surface area contributed by atoms with E-state index in [9.17, 15) is 14.4 Å². The maximum atomic E-state index is 13.1. The van der Waals surface area contributed by atoms with Gasteiger partial charge in [0.15, 0.2) is 0 Å². The molecule has 0 fully saturated rings. The van der Waals surface area contributed by atoms with E-state index in [2.05, 4.69) is 31.8 Å². The van der Waals surface area contributed by atoms with Gasteiger partial charge in [-0.1, -0.05) is 69.5 Å². The molecular formula is C33H20BrCl2N3O4S2. The summed E-state index contributed by atoms with van der Waals surface area (Å²) in [5.74, 6) is -1.16. The number of carbonyl (C=O) groups is 3. The Morgan fingerprint density at radius 2 is 1.53 bits per heavy atom. The lowest BCUT2D eigenvalue weighted by atomic mass is 10.2. The molecule has 6 aromatic rings. The molecule has 0 spiro atoms. The van der Waals surface area contributed by atoms with Gasteiger partial charge in [-0.15, -0.1) is 22.7 Å². The van der Waals surface area contributed by atoms with Gasteiger partial charge in [0.2, 0.25) is 0 Å². The smallest absolute Gasteiger partial charge is 0.355 e. The topological polar surface area (TPSA) is 96.9 Å². The summed E-state index contributed by atoms with van der Waals surface area (Å²) in [7, 11) is 0. The average molecular weight is 737 g/mol. The van der Waals surface area contributed by atoms with Crippen molar-refractivity contribution in [1.82, 2.24) is 5.43 Å². The molecule has 4 aromatic carbocycles.